The molecule has 22 heavy (non-hydrogen) atoms. The molecule has 0 aliphatic rings. The van der Waals surface area contributed by atoms with Gasteiger partial charge in [-0.05, 0) is 48.4 Å². The Morgan fingerprint density at radius 1 is 1.18 bits per heavy atom. The summed E-state index contributed by atoms with van der Waals surface area (Å²) in [7, 11) is -1.59. The molecule has 1 atom stereocenters. The lowest BCUT2D eigenvalue weighted by Crippen LogP contribution is -2.29. The van der Waals surface area contributed by atoms with Crippen LogP contribution in [-0.4, -0.2) is 32.5 Å². The van der Waals surface area contributed by atoms with Crippen molar-refractivity contribution in [3.05, 3.63) is 52.9 Å². The topological polar surface area (TPSA) is 67.6 Å². The summed E-state index contributed by atoms with van der Waals surface area (Å²) in [6, 6.07) is 9.23. The van der Waals surface area contributed by atoms with Gasteiger partial charge in [-0.25, -0.2) is 8.42 Å². The quantitative estimate of drug-likeness (QED) is 0.856. The van der Waals surface area contributed by atoms with Gasteiger partial charge in [0.2, 0.25) is 0 Å². The minimum absolute atomic E-state index is 0.155. The minimum atomic E-state index is -3.23. The Kier molecular flexibility index (Phi) is 4.63. The molecule has 1 amide bonds. The van der Waals surface area contributed by atoms with E-state index in [2.05, 4.69) is 0 Å². The molecular weight excluding hydrogens is 326 g/mol. The van der Waals surface area contributed by atoms with E-state index >= 15 is 0 Å². The Morgan fingerprint density at radius 2 is 1.77 bits per heavy atom. The van der Waals surface area contributed by atoms with Crippen LogP contribution >= 0.6 is 11.6 Å². The largest absolute Gasteiger partial charge is 0.440 e. The van der Waals surface area contributed by atoms with Crippen LogP contribution in [0, 0.1) is 0 Å². The molecule has 1 heterocycles. The summed E-state index contributed by atoms with van der Waals surface area (Å²) >= 11 is 5.67. The Bertz CT molecular complexity index is 780. The highest BCUT2D eigenvalue weighted by Gasteiger charge is 2.21. The fraction of sp³-hybridized carbons (Fsp3) is 0.267. The highest BCUT2D eigenvalue weighted by molar-refractivity contribution is 7.90. The third-order valence-electron chi connectivity index (χ3n) is 3.48. The number of nitrogens with zero attached hydrogens (tertiary/aromatic N) is 1. The highest BCUT2D eigenvalue weighted by Crippen LogP contribution is 2.23. The van der Waals surface area contributed by atoms with E-state index in [-0.39, 0.29) is 27.8 Å². The zero-order valence-corrected chi connectivity index (χ0v) is 14.0. The normalized spacial score (nSPS) is 12.9. The van der Waals surface area contributed by atoms with E-state index in [1.807, 2.05) is 6.92 Å². The molecule has 0 radical (unpaired) electrons. The maximum atomic E-state index is 12.3. The first-order valence-electron chi connectivity index (χ1n) is 6.52. The Hall–Kier alpha value is -1.79. The molecule has 0 aliphatic heterocycles. The molecule has 2 aromatic rings. The molecule has 2 rings (SSSR count). The van der Waals surface area contributed by atoms with Crippen LogP contribution < -0.4 is 0 Å². The van der Waals surface area contributed by atoms with E-state index in [1.165, 1.54) is 29.2 Å². The molecule has 5 nitrogen and oxygen atoms in total. The molecule has 118 valence electrons. The van der Waals surface area contributed by atoms with E-state index in [0.717, 1.165) is 11.8 Å². The second-order valence-corrected chi connectivity index (χ2v) is 7.43. The number of benzene rings is 1. The number of sulfone groups is 1. The molecule has 1 aromatic heterocycles. The zero-order chi connectivity index (χ0) is 16.5. The maximum absolute atomic E-state index is 12.3. The van der Waals surface area contributed by atoms with E-state index in [0.29, 0.717) is 0 Å². The number of amides is 1. The predicted molar refractivity (Wildman–Crippen MR) is 83.8 cm³/mol. The van der Waals surface area contributed by atoms with Crippen LogP contribution in [-0.2, 0) is 9.84 Å². The van der Waals surface area contributed by atoms with Gasteiger partial charge in [-0.1, -0.05) is 12.1 Å². The Balaban J connectivity index is 2.20. The highest BCUT2D eigenvalue weighted by atomic mass is 35.5. The van der Waals surface area contributed by atoms with Crippen molar-refractivity contribution in [3.8, 4) is 0 Å². The number of carbonyl (C=O) groups is 1. The molecule has 0 unspecified atom stereocenters. The minimum Gasteiger partial charge on any atom is -0.440 e. The second kappa shape index (κ2) is 6.14. The molecule has 0 saturated carbocycles. The number of hydrogen-bond acceptors (Lipinski definition) is 4. The van der Waals surface area contributed by atoms with Crippen molar-refractivity contribution in [1.29, 1.82) is 0 Å². The zero-order valence-electron chi connectivity index (χ0n) is 12.4. The lowest BCUT2D eigenvalue weighted by atomic mass is 10.1. The number of rotatable bonds is 4. The standard InChI is InChI=1S/C15H16ClNO4S/c1-10(11-4-6-12(7-5-11)22(3,19)20)17(2)15(18)13-8-9-14(16)21-13/h4-10H,1-3H3/t10-/m0/s1. The van der Waals surface area contributed by atoms with Gasteiger partial charge in [-0.2, -0.15) is 0 Å². The van der Waals surface area contributed by atoms with Crippen molar-refractivity contribution in [2.24, 2.45) is 0 Å². The summed E-state index contributed by atoms with van der Waals surface area (Å²) in [5, 5.41) is 0.155. The number of halogens is 1. The van der Waals surface area contributed by atoms with Crippen molar-refractivity contribution in [1.82, 2.24) is 4.90 Å². The SMILES string of the molecule is C[C@@H](c1ccc(S(C)(=O)=O)cc1)N(C)C(=O)c1ccc(Cl)o1. The summed E-state index contributed by atoms with van der Waals surface area (Å²) < 4.78 is 28.0. The average Bonchev–Trinajstić information content (AvgIpc) is 2.90. The van der Waals surface area contributed by atoms with Crippen molar-refractivity contribution < 1.29 is 17.6 Å². The smallest absolute Gasteiger partial charge is 0.289 e. The third-order valence-corrected chi connectivity index (χ3v) is 4.81. The fourth-order valence-electron chi connectivity index (χ4n) is 2.00. The predicted octanol–water partition coefficient (Wildman–Crippen LogP) is 3.17. The van der Waals surface area contributed by atoms with Crippen molar-refractivity contribution in [2.45, 2.75) is 17.9 Å². The van der Waals surface area contributed by atoms with Gasteiger partial charge in [0.1, 0.15) is 0 Å². The lowest BCUT2D eigenvalue weighted by Gasteiger charge is -2.24. The Morgan fingerprint density at radius 3 is 2.23 bits per heavy atom. The van der Waals surface area contributed by atoms with Gasteiger partial charge in [-0.15, -0.1) is 0 Å². The van der Waals surface area contributed by atoms with E-state index < -0.39 is 9.84 Å². The van der Waals surface area contributed by atoms with Crippen LogP contribution in [0.1, 0.15) is 29.1 Å². The summed E-state index contributed by atoms with van der Waals surface area (Å²) in [4.78, 5) is 14.0. The van der Waals surface area contributed by atoms with E-state index in [9.17, 15) is 13.2 Å². The van der Waals surface area contributed by atoms with Crippen molar-refractivity contribution >= 4 is 27.3 Å². The van der Waals surface area contributed by atoms with Crippen LogP contribution in [0.4, 0.5) is 0 Å². The molecule has 0 spiro atoms. The van der Waals surface area contributed by atoms with Gasteiger partial charge in [0.05, 0.1) is 10.9 Å². The third kappa shape index (κ3) is 3.51. The van der Waals surface area contributed by atoms with Crippen LogP contribution in [0.5, 0.6) is 0 Å². The van der Waals surface area contributed by atoms with Crippen molar-refractivity contribution in [2.75, 3.05) is 13.3 Å². The number of hydrogen-bond donors (Lipinski definition) is 0. The van der Waals surface area contributed by atoms with Gasteiger partial charge in [-0.3, -0.25) is 4.79 Å². The summed E-state index contributed by atoms with van der Waals surface area (Å²) in [6.07, 6.45) is 1.15. The van der Waals surface area contributed by atoms with Gasteiger partial charge < -0.3 is 9.32 Å². The molecule has 0 bridgehead atoms. The first kappa shape index (κ1) is 16.6. The maximum Gasteiger partial charge on any atom is 0.289 e. The average molecular weight is 342 g/mol. The van der Waals surface area contributed by atoms with Crippen LogP contribution in [0.3, 0.4) is 0 Å². The fourth-order valence-corrected chi connectivity index (χ4v) is 2.77. The van der Waals surface area contributed by atoms with E-state index in [1.54, 1.807) is 19.2 Å². The van der Waals surface area contributed by atoms with Crippen LogP contribution in [0.15, 0.2) is 45.7 Å². The van der Waals surface area contributed by atoms with Gasteiger partial charge >= 0.3 is 0 Å². The molecule has 7 heteroatoms. The second-order valence-electron chi connectivity index (χ2n) is 5.04. The Labute approximate surface area is 134 Å². The van der Waals surface area contributed by atoms with Crippen LogP contribution in [0.2, 0.25) is 5.22 Å². The summed E-state index contributed by atoms with van der Waals surface area (Å²) in [5.74, 6) is -0.140. The molecule has 0 fully saturated rings. The molecule has 0 saturated heterocycles. The molecule has 1 aromatic carbocycles. The number of carbonyl (C=O) groups excluding carboxylic acids is 1. The first-order valence-corrected chi connectivity index (χ1v) is 8.79. The van der Waals surface area contributed by atoms with Crippen LogP contribution in [0.25, 0.3) is 0 Å². The molecular formula is C15H16ClNO4S. The summed E-state index contributed by atoms with van der Waals surface area (Å²) in [6.45, 7) is 1.85. The first-order chi connectivity index (χ1) is 10.2. The molecule has 0 N–H and O–H groups in total. The lowest BCUT2D eigenvalue weighted by molar-refractivity contribution is 0.0710. The van der Waals surface area contributed by atoms with Gasteiger partial charge in [0, 0.05) is 13.3 Å². The molecule has 0 aliphatic carbocycles. The number of furan rings is 1. The van der Waals surface area contributed by atoms with Gasteiger partial charge in [0.25, 0.3) is 5.91 Å². The summed E-state index contributed by atoms with van der Waals surface area (Å²) in [5.41, 5.74) is 0.820. The van der Waals surface area contributed by atoms with E-state index in [4.69, 9.17) is 16.0 Å². The van der Waals surface area contributed by atoms with Gasteiger partial charge in [0.15, 0.2) is 20.8 Å². The monoisotopic (exact) mass is 341 g/mol. The van der Waals surface area contributed by atoms with Crippen molar-refractivity contribution in [3.63, 3.8) is 0 Å².